The molecule has 0 bridgehead atoms. The number of nitrogens with zero attached hydrogens (tertiary/aromatic N) is 1. The molecule has 0 saturated heterocycles. The van der Waals surface area contributed by atoms with Crippen molar-refractivity contribution >= 4 is 17.8 Å². The van der Waals surface area contributed by atoms with Crippen LogP contribution in [0.2, 0.25) is 0 Å². The predicted octanol–water partition coefficient (Wildman–Crippen LogP) is 1.22. The molecule has 0 fully saturated rings. The Balaban J connectivity index is 2.24. The van der Waals surface area contributed by atoms with E-state index in [0.29, 0.717) is 6.08 Å². The first-order valence-corrected chi connectivity index (χ1v) is 5.06. The van der Waals surface area contributed by atoms with Crippen LogP contribution in [0.3, 0.4) is 0 Å². The monoisotopic (exact) mass is 249 g/mol. The van der Waals surface area contributed by atoms with Crippen molar-refractivity contribution in [2.45, 2.75) is 0 Å². The second-order valence-electron chi connectivity index (χ2n) is 3.62. The summed E-state index contributed by atoms with van der Waals surface area (Å²) in [5.74, 6) is -4.23. The lowest BCUT2D eigenvalue weighted by molar-refractivity contribution is -0.134. The molecule has 0 spiro atoms. The van der Waals surface area contributed by atoms with Crippen LogP contribution in [0, 0.1) is 0 Å². The zero-order valence-corrected chi connectivity index (χ0v) is 9.09. The molecule has 0 atom stereocenters. The average Bonchev–Trinajstić information content (AvgIpc) is 2.60. The molecule has 1 aromatic carbocycles. The zero-order chi connectivity index (χ0) is 13.3. The summed E-state index contributed by atoms with van der Waals surface area (Å²) in [5.41, 5.74) is 0.485. The van der Waals surface area contributed by atoms with Crippen molar-refractivity contribution in [1.82, 2.24) is 4.90 Å². The van der Waals surface area contributed by atoms with Crippen molar-refractivity contribution in [1.29, 1.82) is 0 Å². The van der Waals surface area contributed by atoms with Crippen LogP contribution in [-0.4, -0.2) is 34.3 Å². The molecule has 0 radical (unpaired) electrons. The number of carbonyl (C=O) groups is 3. The summed E-state index contributed by atoms with van der Waals surface area (Å²) in [6.07, 6.45) is 0.685. The largest absolute Gasteiger partial charge is 0.476 e. The van der Waals surface area contributed by atoms with Gasteiger partial charge in [0.05, 0.1) is 17.7 Å². The van der Waals surface area contributed by atoms with Crippen LogP contribution < -0.4 is 0 Å². The van der Waals surface area contributed by atoms with Gasteiger partial charge >= 0.3 is 5.97 Å². The number of benzene rings is 1. The Morgan fingerprint density at radius 3 is 2.17 bits per heavy atom. The van der Waals surface area contributed by atoms with Crippen molar-refractivity contribution in [2.75, 3.05) is 6.54 Å². The summed E-state index contributed by atoms with van der Waals surface area (Å²) in [7, 11) is 0. The van der Waals surface area contributed by atoms with Gasteiger partial charge < -0.3 is 5.11 Å². The second-order valence-corrected chi connectivity index (χ2v) is 3.62. The number of carboxylic acids is 1. The van der Waals surface area contributed by atoms with Gasteiger partial charge in [-0.2, -0.15) is 4.39 Å². The molecular formula is C12H8FNO4. The van der Waals surface area contributed by atoms with Gasteiger partial charge in [-0.15, -0.1) is 0 Å². The Kier molecular flexibility index (Phi) is 2.93. The van der Waals surface area contributed by atoms with Crippen LogP contribution in [0.15, 0.2) is 36.2 Å². The topological polar surface area (TPSA) is 74.7 Å². The second kappa shape index (κ2) is 4.40. The maximum atomic E-state index is 12.8. The fraction of sp³-hybridized carbons (Fsp3) is 0.0833. The highest BCUT2D eigenvalue weighted by atomic mass is 19.1. The van der Waals surface area contributed by atoms with Crippen molar-refractivity contribution in [3.8, 4) is 0 Å². The molecule has 18 heavy (non-hydrogen) atoms. The van der Waals surface area contributed by atoms with Crippen LogP contribution in [0.5, 0.6) is 0 Å². The van der Waals surface area contributed by atoms with E-state index in [9.17, 15) is 18.8 Å². The van der Waals surface area contributed by atoms with E-state index in [-0.39, 0.29) is 11.1 Å². The SMILES string of the molecule is O=C(O)C(F)=CCN1C(=O)c2ccccc2C1=O. The molecule has 1 aliphatic heterocycles. The summed E-state index contributed by atoms with van der Waals surface area (Å²) in [5, 5.41) is 8.33. The maximum Gasteiger partial charge on any atom is 0.364 e. The van der Waals surface area contributed by atoms with Gasteiger partial charge in [0.1, 0.15) is 0 Å². The third-order valence-corrected chi connectivity index (χ3v) is 2.54. The van der Waals surface area contributed by atoms with Crippen LogP contribution in [0.1, 0.15) is 20.7 Å². The highest BCUT2D eigenvalue weighted by molar-refractivity contribution is 6.21. The average molecular weight is 249 g/mol. The first-order chi connectivity index (χ1) is 8.52. The van der Waals surface area contributed by atoms with Gasteiger partial charge in [-0.05, 0) is 18.2 Å². The number of imide groups is 1. The van der Waals surface area contributed by atoms with Crippen LogP contribution in [0.25, 0.3) is 0 Å². The third kappa shape index (κ3) is 1.88. The van der Waals surface area contributed by atoms with Crippen LogP contribution in [-0.2, 0) is 4.79 Å². The van der Waals surface area contributed by atoms with E-state index in [1.807, 2.05) is 0 Å². The van der Waals surface area contributed by atoms with Gasteiger partial charge in [0.25, 0.3) is 11.8 Å². The van der Waals surface area contributed by atoms with Crippen molar-refractivity contribution < 1.29 is 23.9 Å². The van der Waals surface area contributed by atoms with E-state index >= 15 is 0 Å². The Bertz CT molecular complexity index is 544. The number of fused-ring (bicyclic) bond motifs is 1. The number of amides is 2. The minimum absolute atomic E-state index is 0.242. The molecule has 2 rings (SSSR count). The van der Waals surface area contributed by atoms with Gasteiger partial charge in [-0.1, -0.05) is 12.1 Å². The van der Waals surface area contributed by atoms with Crippen LogP contribution >= 0.6 is 0 Å². The Morgan fingerprint density at radius 2 is 1.72 bits per heavy atom. The minimum Gasteiger partial charge on any atom is -0.476 e. The molecule has 92 valence electrons. The normalized spacial score (nSPS) is 14.9. The first-order valence-electron chi connectivity index (χ1n) is 5.06. The minimum atomic E-state index is -1.73. The lowest BCUT2D eigenvalue weighted by Gasteiger charge is -2.10. The number of aliphatic carboxylic acids is 1. The van der Waals surface area contributed by atoms with Gasteiger partial charge in [0.2, 0.25) is 5.83 Å². The van der Waals surface area contributed by atoms with E-state index in [2.05, 4.69) is 0 Å². The summed E-state index contributed by atoms with van der Waals surface area (Å²) >= 11 is 0. The van der Waals surface area contributed by atoms with E-state index in [4.69, 9.17) is 5.11 Å². The highest BCUT2D eigenvalue weighted by Crippen LogP contribution is 2.22. The lowest BCUT2D eigenvalue weighted by atomic mass is 10.1. The molecule has 6 heteroatoms. The first kappa shape index (κ1) is 12.0. The Hall–Kier alpha value is -2.50. The molecule has 1 aliphatic rings. The molecule has 1 aromatic rings. The summed E-state index contributed by atoms with van der Waals surface area (Å²) in [4.78, 5) is 34.6. The smallest absolute Gasteiger partial charge is 0.364 e. The van der Waals surface area contributed by atoms with E-state index < -0.39 is 30.2 Å². The van der Waals surface area contributed by atoms with Crippen molar-refractivity contribution in [2.24, 2.45) is 0 Å². The molecule has 1 heterocycles. The quantitative estimate of drug-likeness (QED) is 0.645. The molecule has 0 aliphatic carbocycles. The number of carboxylic acid groups (broad SMARTS) is 1. The fourth-order valence-corrected chi connectivity index (χ4v) is 1.66. The molecular weight excluding hydrogens is 241 g/mol. The summed E-state index contributed by atoms with van der Waals surface area (Å²) in [6, 6.07) is 6.21. The van der Waals surface area contributed by atoms with Gasteiger partial charge in [0, 0.05) is 0 Å². The zero-order valence-electron chi connectivity index (χ0n) is 9.09. The molecule has 0 unspecified atom stereocenters. The number of hydrogen-bond donors (Lipinski definition) is 1. The lowest BCUT2D eigenvalue weighted by Crippen LogP contribution is -2.30. The molecule has 5 nitrogen and oxygen atoms in total. The summed E-state index contributed by atoms with van der Waals surface area (Å²) < 4.78 is 12.8. The Labute approximate surface area is 101 Å². The van der Waals surface area contributed by atoms with E-state index in [0.717, 1.165) is 4.90 Å². The Morgan fingerprint density at radius 1 is 1.22 bits per heavy atom. The van der Waals surface area contributed by atoms with Crippen molar-refractivity contribution in [3.63, 3.8) is 0 Å². The predicted molar refractivity (Wildman–Crippen MR) is 58.6 cm³/mol. The molecule has 0 saturated carbocycles. The fourth-order valence-electron chi connectivity index (χ4n) is 1.66. The van der Waals surface area contributed by atoms with E-state index in [1.165, 1.54) is 12.1 Å². The maximum absolute atomic E-state index is 12.8. The third-order valence-electron chi connectivity index (χ3n) is 2.54. The van der Waals surface area contributed by atoms with Gasteiger partial charge in [0.15, 0.2) is 0 Å². The van der Waals surface area contributed by atoms with Gasteiger partial charge in [-0.3, -0.25) is 14.5 Å². The standard InChI is InChI=1S/C12H8FNO4/c13-9(12(17)18)5-6-14-10(15)7-3-1-2-4-8(7)11(14)16/h1-5H,6H2,(H,17,18). The number of halogens is 1. The summed E-state index contributed by atoms with van der Waals surface area (Å²) in [6.45, 7) is -0.398. The van der Waals surface area contributed by atoms with Crippen molar-refractivity contribution in [3.05, 3.63) is 47.3 Å². The van der Waals surface area contributed by atoms with E-state index in [1.54, 1.807) is 12.1 Å². The number of carbonyl (C=O) groups excluding carboxylic acids is 2. The molecule has 1 N–H and O–H groups in total. The van der Waals surface area contributed by atoms with Gasteiger partial charge in [-0.25, -0.2) is 4.79 Å². The number of hydrogen-bond acceptors (Lipinski definition) is 3. The number of rotatable bonds is 3. The highest BCUT2D eigenvalue weighted by Gasteiger charge is 2.34. The molecule has 2 amide bonds. The van der Waals surface area contributed by atoms with Crippen LogP contribution in [0.4, 0.5) is 4.39 Å². The molecule has 0 aromatic heterocycles.